The SMILES string of the molecule is C1CCOC1.CCC1CO1.CCC1CO1.CCC1CO1.OCC1CO1.Oc1ccccc1.[H-].[HH].[Na+].[Na+].[Na+].[Na+].[Na+].[O-]CC1CO1.[O-]CC1CO1.[O-]c1ccccc1.[O-]c1ccccc1. The van der Waals surface area contributed by atoms with Crippen LogP contribution < -0.4 is 168 Å². The molecule has 0 spiro atoms. The van der Waals surface area contributed by atoms with Gasteiger partial charge in [0.15, 0.2) is 0 Å². The zero-order valence-corrected chi connectivity index (χ0v) is 48.3. The number of benzene rings is 3. The van der Waals surface area contributed by atoms with Crippen molar-refractivity contribution in [2.24, 2.45) is 0 Å². The number of aromatic hydroxyl groups is 1. The molecule has 13 nitrogen and oxygen atoms in total. The van der Waals surface area contributed by atoms with E-state index >= 15 is 0 Å². The molecule has 0 aliphatic carbocycles. The number of phenols is 1. The molecule has 322 valence electrons. The molecule has 6 unspecified atom stereocenters. The van der Waals surface area contributed by atoms with Crippen LogP contribution in [-0.2, 0) is 33.2 Å². The van der Waals surface area contributed by atoms with Gasteiger partial charge in [0, 0.05) is 14.6 Å². The van der Waals surface area contributed by atoms with Crippen LogP contribution in [0.1, 0.15) is 55.7 Å². The summed E-state index contributed by atoms with van der Waals surface area (Å²) in [4.78, 5) is 0. The van der Waals surface area contributed by atoms with E-state index in [-0.39, 0.29) is 200 Å². The van der Waals surface area contributed by atoms with Crippen molar-refractivity contribution in [1.29, 1.82) is 0 Å². The van der Waals surface area contributed by atoms with Gasteiger partial charge in [0.25, 0.3) is 0 Å². The van der Waals surface area contributed by atoms with E-state index in [1.165, 1.54) is 56.4 Å². The first-order chi connectivity index (χ1) is 27.3. The van der Waals surface area contributed by atoms with Crippen LogP contribution in [0.5, 0.6) is 17.2 Å². The van der Waals surface area contributed by atoms with Crippen LogP contribution in [0.3, 0.4) is 0 Å². The van der Waals surface area contributed by atoms with Gasteiger partial charge < -0.3 is 65.2 Å². The molecule has 6 atom stereocenters. The van der Waals surface area contributed by atoms with E-state index in [0.29, 0.717) is 37.3 Å². The van der Waals surface area contributed by atoms with Gasteiger partial charge >= 0.3 is 148 Å². The summed E-state index contributed by atoms with van der Waals surface area (Å²) >= 11 is 0. The minimum atomic E-state index is -0.0556. The molecule has 0 amide bonds. The summed E-state index contributed by atoms with van der Waals surface area (Å²) in [5.74, 6) is 0.465. The number of phenolic OH excluding ortho intramolecular Hbond substituents is 1. The van der Waals surface area contributed by atoms with Gasteiger partial charge in [0.05, 0.1) is 76.8 Å². The quantitative estimate of drug-likeness (QED) is 0.174. The number of aliphatic hydroxyl groups is 1. The summed E-state index contributed by atoms with van der Waals surface area (Å²) in [5.41, 5.74) is 0. The fraction of sp³-hybridized carbons (Fsp3) is 0.581. The number of aliphatic hydroxyl groups excluding tert-OH is 1. The van der Waals surface area contributed by atoms with Gasteiger partial charge in [-0.25, -0.2) is 0 Å². The molecule has 0 bridgehead atoms. The summed E-state index contributed by atoms with van der Waals surface area (Å²) in [7, 11) is 0. The minimum Gasteiger partial charge on any atom is -1.00 e. The second-order valence-corrected chi connectivity index (χ2v) is 12.8. The third kappa shape index (κ3) is 59.6. The molecule has 7 fully saturated rings. The fourth-order valence-corrected chi connectivity index (χ4v) is 3.19. The topological polar surface area (TPSA) is 217 Å². The Balaban J connectivity index is -0.000000110. The molecule has 7 saturated heterocycles. The Hall–Kier alpha value is 1.66. The van der Waals surface area contributed by atoms with Crippen LogP contribution in [0.2, 0.25) is 0 Å². The van der Waals surface area contributed by atoms with Crippen LogP contribution in [0, 0.1) is 0 Å². The summed E-state index contributed by atoms with van der Waals surface area (Å²) in [6.07, 6.45) is 8.39. The van der Waals surface area contributed by atoms with Gasteiger partial charge in [-0.05, 0) is 44.2 Å². The van der Waals surface area contributed by atoms with E-state index in [0.717, 1.165) is 39.6 Å². The van der Waals surface area contributed by atoms with Crippen molar-refractivity contribution in [3.05, 3.63) is 91.0 Å². The van der Waals surface area contributed by atoms with Crippen molar-refractivity contribution in [1.82, 2.24) is 0 Å². The monoisotopic (exact) mass is 906 g/mol. The van der Waals surface area contributed by atoms with E-state index in [2.05, 4.69) is 35.0 Å². The van der Waals surface area contributed by atoms with Crippen LogP contribution >= 0.6 is 0 Å². The van der Waals surface area contributed by atoms with Gasteiger partial charge in [-0.15, -0.1) is 24.7 Å². The van der Waals surface area contributed by atoms with E-state index in [1.54, 1.807) is 48.5 Å². The van der Waals surface area contributed by atoms with Crippen molar-refractivity contribution < 1.29 is 214 Å². The average Bonchev–Trinajstić information content (AvgIpc) is 4.04. The van der Waals surface area contributed by atoms with Crippen molar-refractivity contribution in [2.45, 2.75) is 89.5 Å². The Morgan fingerprint density at radius 3 is 0.820 bits per heavy atom. The molecule has 7 heterocycles. The first kappa shape index (κ1) is 71.7. The molecular formula is C43H67Na5O13. The second kappa shape index (κ2) is 51.1. The smallest absolute Gasteiger partial charge is 1.00 e. The number of epoxide rings is 6. The van der Waals surface area contributed by atoms with Gasteiger partial charge in [0.1, 0.15) is 11.9 Å². The maximum atomic E-state index is 10.3. The zero-order chi connectivity index (χ0) is 41.1. The third-order valence-electron chi connectivity index (χ3n) is 7.43. The molecule has 61 heavy (non-hydrogen) atoms. The van der Waals surface area contributed by atoms with Crippen molar-refractivity contribution in [3.63, 3.8) is 0 Å². The molecular weight excluding hydrogens is 839 g/mol. The fourth-order valence-electron chi connectivity index (χ4n) is 3.19. The standard InChI is InChI=1S/3C6H6O.4C4H8O.C3H6O2.2C3H5O2.5Na.H2.H/c3*7-6-4-2-1-3-5-6;3*1-2-4-3-5-4;1-2-4-5-3-1;3*4-1-3-2-5-3;;;;;;;/h3*1-5,7H;3*4H,2-3H2,1H3;1-4H2;3-4H,1-2H2;2*3H,1-2H2;;;;;;1H;/q;;;;;;;;2*-1;5*+1;;-1/p-2. The maximum absolute atomic E-state index is 10.3. The normalized spacial score (nSPS) is 21.7. The van der Waals surface area contributed by atoms with Gasteiger partial charge in [-0.1, -0.05) is 99.6 Å². The minimum absolute atomic E-state index is 0. The van der Waals surface area contributed by atoms with E-state index in [9.17, 15) is 20.4 Å². The first-order valence-corrected chi connectivity index (χ1v) is 19.5. The average molecular weight is 907 g/mol. The first-order valence-electron chi connectivity index (χ1n) is 19.5. The van der Waals surface area contributed by atoms with Crippen molar-refractivity contribution in [2.75, 3.05) is 72.7 Å². The van der Waals surface area contributed by atoms with Crippen LogP contribution in [-0.4, -0.2) is 120 Å². The maximum Gasteiger partial charge on any atom is 1.00 e. The number of para-hydroxylation sites is 3. The molecule has 7 aliphatic heterocycles. The predicted molar refractivity (Wildman–Crippen MR) is 209 cm³/mol. The summed E-state index contributed by atoms with van der Waals surface area (Å²) in [5, 5.41) is 56.4. The van der Waals surface area contributed by atoms with Gasteiger partial charge in [0.2, 0.25) is 0 Å². The van der Waals surface area contributed by atoms with E-state index in [1.807, 2.05) is 18.2 Å². The second-order valence-electron chi connectivity index (χ2n) is 12.8. The Morgan fingerprint density at radius 1 is 0.492 bits per heavy atom. The molecule has 2 N–H and O–H groups in total. The Bertz CT molecular complexity index is 1060. The molecule has 0 saturated carbocycles. The Kier molecular flexibility index (Phi) is 60.0. The summed E-state index contributed by atoms with van der Waals surface area (Å²) in [6, 6.07) is 25.4. The predicted octanol–water partition coefficient (Wildman–Crippen LogP) is -11.7. The van der Waals surface area contributed by atoms with E-state index in [4.69, 9.17) is 29.2 Å². The Labute approximate surface area is 478 Å². The summed E-state index contributed by atoms with van der Waals surface area (Å²) < 4.78 is 33.2. The Morgan fingerprint density at radius 2 is 0.754 bits per heavy atom. The van der Waals surface area contributed by atoms with E-state index < -0.39 is 0 Å². The molecule has 7 aliphatic rings. The van der Waals surface area contributed by atoms with Crippen LogP contribution in [0.4, 0.5) is 0 Å². The molecule has 0 radical (unpaired) electrons. The molecule has 10 rings (SSSR count). The molecule has 0 aromatic heterocycles. The van der Waals surface area contributed by atoms with Gasteiger partial charge in [-0.3, -0.25) is 0 Å². The zero-order valence-electron chi connectivity index (χ0n) is 39.3. The van der Waals surface area contributed by atoms with Crippen LogP contribution in [0.15, 0.2) is 91.0 Å². The van der Waals surface area contributed by atoms with Crippen molar-refractivity contribution in [3.8, 4) is 17.2 Å². The molecule has 18 heteroatoms. The number of ether oxygens (including phenoxy) is 7. The molecule has 3 aromatic rings. The van der Waals surface area contributed by atoms with Gasteiger partial charge in [-0.2, -0.15) is 0 Å². The van der Waals surface area contributed by atoms with Crippen molar-refractivity contribution >= 4 is 0 Å². The third-order valence-corrected chi connectivity index (χ3v) is 7.43. The summed E-state index contributed by atoms with van der Waals surface area (Å²) in [6.45, 7) is 13.7. The number of hydrogen-bond acceptors (Lipinski definition) is 13. The largest absolute Gasteiger partial charge is 1.00 e. The molecule has 3 aromatic carbocycles. The van der Waals surface area contributed by atoms with Crippen LogP contribution in [0.25, 0.3) is 0 Å². The number of hydrogen-bond donors (Lipinski definition) is 2. The number of rotatable bonds is 6.